The van der Waals surface area contributed by atoms with E-state index in [4.69, 9.17) is 9.47 Å². The molecule has 2 aromatic rings. The standard InChI is InChI=1S/C16H15Br2FO2/c1-2-20-15-5-3-4-11(9-17)16(15)21-10-12-6-7-13(18)8-14(12)19/h3-8H,2,9-10H2,1H3. The highest BCUT2D eigenvalue weighted by atomic mass is 79.9. The van der Waals surface area contributed by atoms with Gasteiger partial charge in [-0.3, -0.25) is 0 Å². The van der Waals surface area contributed by atoms with Crippen LogP contribution >= 0.6 is 31.9 Å². The van der Waals surface area contributed by atoms with Crippen LogP contribution in [-0.2, 0) is 11.9 Å². The predicted octanol–water partition coefficient (Wildman–Crippen LogP) is 5.46. The summed E-state index contributed by atoms with van der Waals surface area (Å²) in [5.41, 5.74) is 1.48. The maximum absolute atomic E-state index is 13.8. The first-order valence-electron chi connectivity index (χ1n) is 6.53. The Kier molecular flexibility index (Phi) is 6.06. The second kappa shape index (κ2) is 7.80. The Morgan fingerprint density at radius 3 is 2.57 bits per heavy atom. The first kappa shape index (κ1) is 16.3. The molecule has 2 aromatic carbocycles. The van der Waals surface area contributed by atoms with Crippen LogP contribution in [0, 0.1) is 5.82 Å². The van der Waals surface area contributed by atoms with Gasteiger partial charge in [0.2, 0.25) is 0 Å². The van der Waals surface area contributed by atoms with Gasteiger partial charge in [0, 0.05) is 20.9 Å². The lowest BCUT2D eigenvalue weighted by Gasteiger charge is -2.15. The van der Waals surface area contributed by atoms with Crippen molar-refractivity contribution < 1.29 is 13.9 Å². The number of para-hydroxylation sites is 1. The summed E-state index contributed by atoms with van der Waals surface area (Å²) < 4.78 is 25.9. The second-order valence-corrected chi connectivity index (χ2v) is 5.81. The molecule has 0 amide bonds. The van der Waals surface area contributed by atoms with Crippen LogP contribution in [0.1, 0.15) is 18.1 Å². The molecule has 0 saturated carbocycles. The summed E-state index contributed by atoms with van der Waals surface area (Å²) in [4.78, 5) is 0. The van der Waals surface area contributed by atoms with E-state index in [0.29, 0.717) is 33.5 Å². The van der Waals surface area contributed by atoms with E-state index in [2.05, 4.69) is 31.9 Å². The Balaban J connectivity index is 2.22. The van der Waals surface area contributed by atoms with Crippen molar-refractivity contribution in [1.29, 1.82) is 0 Å². The number of hydrogen-bond donors (Lipinski definition) is 0. The maximum atomic E-state index is 13.8. The Labute approximate surface area is 140 Å². The van der Waals surface area contributed by atoms with E-state index in [9.17, 15) is 4.39 Å². The zero-order valence-electron chi connectivity index (χ0n) is 11.5. The van der Waals surface area contributed by atoms with Crippen molar-refractivity contribution >= 4 is 31.9 Å². The van der Waals surface area contributed by atoms with Gasteiger partial charge in [-0.15, -0.1) is 0 Å². The molecule has 0 aliphatic heterocycles. The lowest BCUT2D eigenvalue weighted by atomic mass is 10.2. The van der Waals surface area contributed by atoms with E-state index in [1.54, 1.807) is 12.1 Å². The molecule has 0 unspecified atom stereocenters. The van der Waals surface area contributed by atoms with Crippen LogP contribution < -0.4 is 9.47 Å². The largest absolute Gasteiger partial charge is 0.490 e. The number of rotatable bonds is 6. The zero-order valence-corrected chi connectivity index (χ0v) is 14.7. The molecular weight excluding hydrogens is 403 g/mol. The fourth-order valence-electron chi connectivity index (χ4n) is 1.89. The minimum atomic E-state index is -0.293. The van der Waals surface area contributed by atoms with Crippen molar-refractivity contribution in [3.8, 4) is 11.5 Å². The highest BCUT2D eigenvalue weighted by molar-refractivity contribution is 9.10. The van der Waals surface area contributed by atoms with Gasteiger partial charge in [-0.1, -0.05) is 50.1 Å². The highest BCUT2D eigenvalue weighted by Gasteiger charge is 2.12. The molecule has 0 aliphatic carbocycles. The minimum Gasteiger partial charge on any atom is -0.490 e. The molecule has 112 valence electrons. The Hall–Kier alpha value is -1.07. The van der Waals surface area contributed by atoms with Crippen molar-refractivity contribution in [2.45, 2.75) is 18.9 Å². The van der Waals surface area contributed by atoms with Crippen LogP contribution in [0.5, 0.6) is 11.5 Å². The van der Waals surface area contributed by atoms with Gasteiger partial charge >= 0.3 is 0 Å². The van der Waals surface area contributed by atoms with Crippen molar-refractivity contribution in [2.24, 2.45) is 0 Å². The molecule has 0 radical (unpaired) electrons. The van der Waals surface area contributed by atoms with Crippen LogP contribution in [0.2, 0.25) is 0 Å². The molecule has 0 spiro atoms. The van der Waals surface area contributed by atoms with Crippen LogP contribution in [0.4, 0.5) is 4.39 Å². The average Bonchev–Trinajstić information content (AvgIpc) is 2.47. The fourth-order valence-corrected chi connectivity index (χ4v) is 2.66. The third kappa shape index (κ3) is 4.20. The third-order valence-corrected chi connectivity index (χ3v) is 3.99. The quantitative estimate of drug-likeness (QED) is 0.581. The molecule has 0 heterocycles. The molecule has 2 rings (SSSR count). The van der Waals surface area contributed by atoms with Crippen LogP contribution in [0.25, 0.3) is 0 Å². The van der Waals surface area contributed by atoms with E-state index in [-0.39, 0.29) is 12.4 Å². The monoisotopic (exact) mass is 416 g/mol. The molecule has 5 heteroatoms. The van der Waals surface area contributed by atoms with Gasteiger partial charge in [0.1, 0.15) is 12.4 Å². The summed E-state index contributed by atoms with van der Waals surface area (Å²) in [6.07, 6.45) is 0. The topological polar surface area (TPSA) is 18.5 Å². The number of ether oxygens (including phenoxy) is 2. The van der Waals surface area contributed by atoms with Gasteiger partial charge in [0.15, 0.2) is 11.5 Å². The zero-order chi connectivity index (χ0) is 15.2. The fraction of sp³-hybridized carbons (Fsp3) is 0.250. The molecule has 0 atom stereocenters. The summed E-state index contributed by atoms with van der Waals surface area (Å²) in [5.74, 6) is 1.03. The van der Waals surface area contributed by atoms with Gasteiger partial charge in [-0.05, 0) is 25.1 Å². The maximum Gasteiger partial charge on any atom is 0.165 e. The summed E-state index contributed by atoms with van der Waals surface area (Å²) in [6.45, 7) is 2.62. The SMILES string of the molecule is CCOc1cccc(CBr)c1OCc1ccc(Br)cc1F. The summed E-state index contributed by atoms with van der Waals surface area (Å²) in [5, 5.41) is 0.645. The number of alkyl halides is 1. The molecule has 0 bridgehead atoms. The van der Waals surface area contributed by atoms with Gasteiger partial charge in [-0.25, -0.2) is 4.39 Å². The molecule has 0 N–H and O–H groups in total. The number of hydrogen-bond acceptors (Lipinski definition) is 2. The molecule has 2 nitrogen and oxygen atoms in total. The first-order valence-corrected chi connectivity index (χ1v) is 8.44. The lowest BCUT2D eigenvalue weighted by Crippen LogP contribution is -2.03. The highest BCUT2D eigenvalue weighted by Crippen LogP contribution is 2.33. The van der Waals surface area contributed by atoms with Gasteiger partial charge in [0.25, 0.3) is 0 Å². The van der Waals surface area contributed by atoms with E-state index < -0.39 is 0 Å². The first-order chi connectivity index (χ1) is 10.2. The van der Waals surface area contributed by atoms with E-state index >= 15 is 0 Å². The average molecular weight is 418 g/mol. The Bertz CT molecular complexity index is 617. The smallest absolute Gasteiger partial charge is 0.165 e. The van der Waals surface area contributed by atoms with E-state index in [1.165, 1.54) is 6.07 Å². The van der Waals surface area contributed by atoms with Crippen LogP contribution in [0.3, 0.4) is 0 Å². The van der Waals surface area contributed by atoms with Crippen molar-refractivity contribution in [1.82, 2.24) is 0 Å². The molecule has 0 aliphatic rings. The third-order valence-electron chi connectivity index (χ3n) is 2.89. The Morgan fingerprint density at radius 2 is 1.90 bits per heavy atom. The second-order valence-electron chi connectivity index (χ2n) is 4.34. The molecular formula is C16H15Br2FO2. The van der Waals surface area contributed by atoms with Gasteiger partial charge in [-0.2, -0.15) is 0 Å². The summed E-state index contributed by atoms with van der Waals surface area (Å²) >= 11 is 6.67. The Morgan fingerprint density at radius 1 is 1.10 bits per heavy atom. The summed E-state index contributed by atoms with van der Waals surface area (Å²) in [6, 6.07) is 10.6. The minimum absolute atomic E-state index is 0.156. The van der Waals surface area contributed by atoms with E-state index in [0.717, 1.165) is 5.56 Å². The van der Waals surface area contributed by atoms with Crippen LogP contribution in [-0.4, -0.2) is 6.61 Å². The van der Waals surface area contributed by atoms with Gasteiger partial charge in [0.05, 0.1) is 6.61 Å². The lowest BCUT2D eigenvalue weighted by molar-refractivity contribution is 0.264. The van der Waals surface area contributed by atoms with Crippen molar-refractivity contribution in [2.75, 3.05) is 6.61 Å². The molecule has 0 fully saturated rings. The van der Waals surface area contributed by atoms with Crippen LogP contribution in [0.15, 0.2) is 40.9 Å². The summed E-state index contributed by atoms with van der Waals surface area (Å²) in [7, 11) is 0. The molecule has 0 saturated heterocycles. The predicted molar refractivity (Wildman–Crippen MR) is 88.7 cm³/mol. The molecule has 0 aromatic heterocycles. The van der Waals surface area contributed by atoms with Crippen molar-refractivity contribution in [3.63, 3.8) is 0 Å². The van der Waals surface area contributed by atoms with Crippen molar-refractivity contribution in [3.05, 3.63) is 57.8 Å². The van der Waals surface area contributed by atoms with Gasteiger partial charge < -0.3 is 9.47 Å². The molecule has 21 heavy (non-hydrogen) atoms. The normalized spacial score (nSPS) is 10.5. The van der Waals surface area contributed by atoms with E-state index in [1.807, 2.05) is 25.1 Å². The number of halogens is 3. The number of benzene rings is 2.